The molecule has 1 aromatic carbocycles. The van der Waals surface area contributed by atoms with Gasteiger partial charge in [0.2, 0.25) is 0 Å². The molecule has 0 spiro atoms. The van der Waals surface area contributed by atoms with Gasteiger partial charge in [0.15, 0.2) is 0 Å². The first-order chi connectivity index (χ1) is 6.20. The third-order valence-electron chi connectivity index (χ3n) is 2.09. The summed E-state index contributed by atoms with van der Waals surface area (Å²) in [6, 6.07) is 6.02. The number of methoxy groups -OCH3 is 1. The maximum atomic E-state index is 5.51. The number of fused-ring (bicyclic) bond motifs is 1. The molecular formula is C11H12O2. The van der Waals surface area contributed by atoms with Crippen LogP contribution in [0.3, 0.4) is 0 Å². The fourth-order valence-electron chi connectivity index (χ4n) is 1.53. The average Bonchev–Trinajstić information content (AvgIpc) is 2.43. The summed E-state index contributed by atoms with van der Waals surface area (Å²) in [5, 5.41) is 1.05. The minimum atomic E-state index is 0.881. The van der Waals surface area contributed by atoms with Crippen molar-refractivity contribution in [3.63, 3.8) is 0 Å². The summed E-state index contributed by atoms with van der Waals surface area (Å²) < 4.78 is 10.8. The van der Waals surface area contributed by atoms with Crippen LogP contribution in [0.4, 0.5) is 0 Å². The lowest BCUT2D eigenvalue weighted by Crippen LogP contribution is -1.83. The van der Waals surface area contributed by atoms with E-state index in [0.717, 1.165) is 28.0 Å². The third-order valence-corrected chi connectivity index (χ3v) is 2.09. The summed E-state index contributed by atoms with van der Waals surface area (Å²) in [4.78, 5) is 0. The fraction of sp³-hybridized carbons (Fsp3) is 0.273. The molecule has 0 saturated carbocycles. The average molecular weight is 176 g/mol. The number of rotatable bonds is 1. The minimum Gasteiger partial charge on any atom is -0.496 e. The van der Waals surface area contributed by atoms with Crippen molar-refractivity contribution in [1.29, 1.82) is 0 Å². The van der Waals surface area contributed by atoms with Crippen LogP contribution in [0.15, 0.2) is 22.6 Å². The predicted octanol–water partition coefficient (Wildman–Crippen LogP) is 3.06. The topological polar surface area (TPSA) is 22.4 Å². The smallest absolute Gasteiger partial charge is 0.138 e. The Hall–Kier alpha value is -1.44. The molecule has 0 N–H and O–H groups in total. The van der Waals surface area contributed by atoms with Gasteiger partial charge in [-0.05, 0) is 37.6 Å². The third kappa shape index (κ3) is 1.28. The van der Waals surface area contributed by atoms with E-state index in [1.807, 2.05) is 32.0 Å². The van der Waals surface area contributed by atoms with Crippen molar-refractivity contribution in [2.24, 2.45) is 0 Å². The van der Waals surface area contributed by atoms with Crippen LogP contribution >= 0.6 is 0 Å². The molecule has 1 aromatic heterocycles. The van der Waals surface area contributed by atoms with E-state index in [0.29, 0.717) is 0 Å². The van der Waals surface area contributed by atoms with Gasteiger partial charge >= 0.3 is 0 Å². The lowest BCUT2D eigenvalue weighted by molar-refractivity contribution is 0.419. The van der Waals surface area contributed by atoms with Gasteiger partial charge in [-0.15, -0.1) is 0 Å². The number of hydrogen-bond donors (Lipinski definition) is 0. The lowest BCUT2D eigenvalue weighted by atomic mass is 10.1. The molecule has 0 aliphatic rings. The molecule has 0 atom stereocenters. The van der Waals surface area contributed by atoms with E-state index in [9.17, 15) is 0 Å². The fourth-order valence-corrected chi connectivity index (χ4v) is 1.53. The Morgan fingerprint density at radius 1 is 1.15 bits per heavy atom. The summed E-state index contributed by atoms with van der Waals surface area (Å²) in [7, 11) is 1.68. The van der Waals surface area contributed by atoms with Crippen molar-refractivity contribution < 1.29 is 9.15 Å². The Balaban J connectivity index is 2.80. The second-order valence-electron chi connectivity index (χ2n) is 3.24. The molecule has 2 nitrogen and oxygen atoms in total. The van der Waals surface area contributed by atoms with Gasteiger partial charge in [-0.2, -0.15) is 0 Å². The summed E-state index contributed by atoms with van der Waals surface area (Å²) in [5.74, 6) is 1.80. The quantitative estimate of drug-likeness (QED) is 0.666. The second-order valence-corrected chi connectivity index (χ2v) is 3.24. The van der Waals surface area contributed by atoms with Gasteiger partial charge in [-0.25, -0.2) is 0 Å². The summed E-state index contributed by atoms with van der Waals surface area (Å²) in [5.41, 5.74) is 2.05. The van der Waals surface area contributed by atoms with Crippen LogP contribution < -0.4 is 4.74 Å². The van der Waals surface area contributed by atoms with Gasteiger partial charge in [-0.1, -0.05) is 0 Å². The number of hydrogen-bond acceptors (Lipinski definition) is 2. The minimum absolute atomic E-state index is 0.881. The Morgan fingerprint density at radius 2 is 1.92 bits per heavy atom. The summed E-state index contributed by atoms with van der Waals surface area (Å²) in [6.07, 6.45) is 0. The van der Waals surface area contributed by atoms with Crippen LogP contribution in [-0.2, 0) is 0 Å². The van der Waals surface area contributed by atoms with Crippen LogP contribution in [0, 0.1) is 13.8 Å². The molecule has 0 bridgehead atoms. The monoisotopic (exact) mass is 176 g/mol. The van der Waals surface area contributed by atoms with E-state index < -0.39 is 0 Å². The predicted molar refractivity (Wildman–Crippen MR) is 52.2 cm³/mol. The van der Waals surface area contributed by atoms with Gasteiger partial charge in [0, 0.05) is 0 Å². The van der Waals surface area contributed by atoms with Gasteiger partial charge in [-0.3, -0.25) is 0 Å². The highest BCUT2D eigenvalue weighted by Gasteiger charge is 2.06. The van der Waals surface area contributed by atoms with Gasteiger partial charge < -0.3 is 9.15 Å². The van der Waals surface area contributed by atoms with Crippen LogP contribution in [0.2, 0.25) is 0 Å². The standard InChI is InChI=1S/C11H12O2/c1-7-4-10(12-3)9-6-8(2)13-11(9)5-7/h4-6H,1-3H3. The first-order valence-corrected chi connectivity index (χ1v) is 4.25. The Morgan fingerprint density at radius 3 is 2.62 bits per heavy atom. The molecule has 1 heterocycles. The van der Waals surface area contributed by atoms with Crippen molar-refractivity contribution in [2.75, 3.05) is 7.11 Å². The van der Waals surface area contributed by atoms with E-state index in [1.54, 1.807) is 7.11 Å². The Bertz CT molecular complexity index is 441. The lowest BCUT2D eigenvalue weighted by Gasteiger charge is -2.01. The van der Waals surface area contributed by atoms with Crippen molar-refractivity contribution in [3.05, 3.63) is 29.5 Å². The zero-order valence-corrected chi connectivity index (χ0v) is 8.05. The number of aryl methyl sites for hydroxylation is 2. The summed E-state index contributed by atoms with van der Waals surface area (Å²) in [6.45, 7) is 3.97. The van der Waals surface area contributed by atoms with Crippen molar-refractivity contribution in [2.45, 2.75) is 13.8 Å². The zero-order chi connectivity index (χ0) is 9.42. The Kier molecular flexibility index (Phi) is 1.76. The first-order valence-electron chi connectivity index (χ1n) is 4.25. The molecule has 0 aliphatic heterocycles. The number of furan rings is 1. The molecule has 2 aromatic rings. The van der Waals surface area contributed by atoms with E-state index in [-0.39, 0.29) is 0 Å². The first kappa shape index (κ1) is 8.17. The molecular weight excluding hydrogens is 164 g/mol. The molecule has 68 valence electrons. The molecule has 2 heteroatoms. The molecule has 0 aliphatic carbocycles. The molecule has 0 saturated heterocycles. The van der Waals surface area contributed by atoms with E-state index in [2.05, 4.69) is 0 Å². The van der Waals surface area contributed by atoms with Crippen LogP contribution in [0.5, 0.6) is 5.75 Å². The maximum Gasteiger partial charge on any atom is 0.138 e. The summed E-state index contributed by atoms with van der Waals surface area (Å²) >= 11 is 0. The maximum absolute atomic E-state index is 5.51. The van der Waals surface area contributed by atoms with Crippen molar-refractivity contribution in [3.8, 4) is 5.75 Å². The van der Waals surface area contributed by atoms with Crippen LogP contribution in [-0.4, -0.2) is 7.11 Å². The molecule has 0 fully saturated rings. The Labute approximate surface area is 77.1 Å². The number of benzene rings is 1. The van der Waals surface area contributed by atoms with Crippen molar-refractivity contribution >= 4 is 11.0 Å². The highest BCUT2D eigenvalue weighted by atomic mass is 16.5. The number of ether oxygens (including phenoxy) is 1. The molecule has 0 radical (unpaired) electrons. The van der Waals surface area contributed by atoms with Crippen LogP contribution in [0.25, 0.3) is 11.0 Å². The van der Waals surface area contributed by atoms with Crippen LogP contribution in [0.1, 0.15) is 11.3 Å². The molecule has 2 rings (SSSR count). The van der Waals surface area contributed by atoms with Crippen molar-refractivity contribution in [1.82, 2.24) is 0 Å². The van der Waals surface area contributed by atoms with Gasteiger partial charge in [0.05, 0.1) is 12.5 Å². The largest absolute Gasteiger partial charge is 0.496 e. The highest BCUT2D eigenvalue weighted by Crippen LogP contribution is 2.29. The molecule has 0 unspecified atom stereocenters. The zero-order valence-electron chi connectivity index (χ0n) is 8.05. The molecule has 13 heavy (non-hydrogen) atoms. The normalized spacial score (nSPS) is 10.7. The SMILES string of the molecule is COc1cc(C)cc2oc(C)cc12. The van der Waals surface area contributed by atoms with Gasteiger partial charge in [0.25, 0.3) is 0 Å². The van der Waals surface area contributed by atoms with E-state index >= 15 is 0 Å². The second kappa shape index (κ2) is 2.80. The molecule has 0 amide bonds. The highest BCUT2D eigenvalue weighted by molar-refractivity contribution is 5.85. The van der Waals surface area contributed by atoms with E-state index in [4.69, 9.17) is 9.15 Å². The van der Waals surface area contributed by atoms with Gasteiger partial charge in [0.1, 0.15) is 17.1 Å². The van der Waals surface area contributed by atoms with E-state index in [1.165, 1.54) is 0 Å².